The highest BCUT2D eigenvalue weighted by molar-refractivity contribution is 7.90. The number of benzene rings is 2. The van der Waals surface area contributed by atoms with Gasteiger partial charge in [0.2, 0.25) is 0 Å². The zero-order valence-electron chi connectivity index (χ0n) is 17.2. The average Bonchev–Trinajstić information content (AvgIpc) is 3.55. The molecule has 1 aliphatic heterocycles. The molecule has 2 aliphatic rings. The normalized spacial score (nSPS) is 18.1. The van der Waals surface area contributed by atoms with Crippen LogP contribution in [-0.2, 0) is 10.0 Å². The van der Waals surface area contributed by atoms with E-state index >= 15 is 0 Å². The smallest absolute Gasteiger partial charge is 0.269 e. The first-order valence-corrected chi connectivity index (χ1v) is 11.4. The molecular formula is C22H24N2O5S. The van der Waals surface area contributed by atoms with Gasteiger partial charge in [-0.15, -0.1) is 0 Å². The van der Waals surface area contributed by atoms with Crippen LogP contribution in [0.1, 0.15) is 59.0 Å². The topological polar surface area (TPSA) is 84.0 Å². The molecule has 8 heteroatoms. The maximum atomic E-state index is 13.3. The van der Waals surface area contributed by atoms with Crippen molar-refractivity contribution in [3.8, 4) is 5.75 Å². The molecule has 1 fully saturated rings. The Bertz CT molecular complexity index is 1120. The van der Waals surface area contributed by atoms with E-state index in [2.05, 4.69) is 0 Å². The van der Waals surface area contributed by atoms with Gasteiger partial charge in [-0.25, -0.2) is 12.7 Å². The highest BCUT2D eigenvalue weighted by Crippen LogP contribution is 2.40. The van der Waals surface area contributed by atoms with Crippen molar-refractivity contribution in [1.82, 2.24) is 9.21 Å². The summed E-state index contributed by atoms with van der Waals surface area (Å²) in [5.74, 6) is -0.0862. The van der Waals surface area contributed by atoms with E-state index in [1.165, 1.54) is 18.2 Å². The lowest BCUT2D eigenvalue weighted by Gasteiger charge is -2.29. The Balaban J connectivity index is 1.66. The molecule has 2 aromatic carbocycles. The minimum Gasteiger partial charge on any atom is -0.497 e. The highest BCUT2D eigenvalue weighted by Gasteiger charge is 2.49. The fraction of sp³-hybridized carbons (Fsp3) is 0.364. The Labute approximate surface area is 176 Å². The van der Waals surface area contributed by atoms with Crippen LogP contribution in [-0.4, -0.2) is 49.1 Å². The van der Waals surface area contributed by atoms with Crippen LogP contribution < -0.4 is 4.74 Å². The van der Waals surface area contributed by atoms with Gasteiger partial charge in [-0.2, -0.15) is 0 Å². The van der Waals surface area contributed by atoms with Crippen LogP contribution in [0.25, 0.3) is 0 Å². The van der Waals surface area contributed by atoms with Crippen LogP contribution >= 0.6 is 0 Å². The second kappa shape index (κ2) is 7.43. The molecule has 0 spiro atoms. The maximum Gasteiger partial charge on any atom is 0.269 e. The van der Waals surface area contributed by atoms with Crippen molar-refractivity contribution in [2.45, 2.75) is 43.7 Å². The van der Waals surface area contributed by atoms with E-state index in [1.54, 1.807) is 12.0 Å². The third kappa shape index (κ3) is 3.25. The Morgan fingerprint density at radius 1 is 1.23 bits per heavy atom. The predicted octanol–water partition coefficient (Wildman–Crippen LogP) is 3.23. The molecule has 30 heavy (non-hydrogen) atoms. The van der Waals surface area contributed by atoms with Crippen LogP contribution in [0.5, 0.6) is 5.75 Å². The Morgan fingerprint density at radius 2 is 1.97 bits per heavy atom. The third-order valence-electron chi connectivity index (χ3n) is 5.72. The second-order valence-electron chi connectivity index (χ2n) is 7.59. The fourth-order valence-corrected chi connectivity index (χ4v) is 5.73. The number of sulfonamides is 1. The van der Waals surface area contributed by atoms with Gasteiger partial charge in [-0.3, -0.25) is 9.59 Å². The van der Waals surface area contributed by atoms with Gasteiger partial charge in [0.25, 0.3) is 21.8 Å². The number of hydrogen-bond donors (Lipinski definition) is 0. The first-order chi connectivity index (χ1) is 14.3. The summed E-state index contributed by atoms with van der Waals surface area (Å²) in [6.07, 6.45) is 1.37. The molecule has 0 radical (unpaired) electrons. The molecule has 158 valence electrons. The van der Waals surface area contributed by atoms with Crippen LogP contribution in [0, 0.1) is 0 Å². The molecule has 1 atom stereocenters. The maximum absolute atomic E-state index is 13.3. The van der Waals surface area contributed by atoms with Crippen molar-refractivity contribution < 1.29 is 22.7 Å². The van der Waals surface area contributed by atoms with E-state index in [0.29, 0.717) is 25.1 Å². The van der Waals surface area contributed by atoms with Gasteiger partial charge in [0.15, 0.2) is 0 Å². The third-order valence-corrected chi connectivity index (χ3v) is 7.60. The zero-order chi connectivity index (χ0) is 21.6. The van der Waals surface area contributed by atoms with E-state index < -0.39 is 15.9 Å². The van der Waals surface area contributed by atoms with E-state index in [1.807, 2.05) is 38.1 Å². The van der Waals surface area contributed by atoms with Crippen LogP contribution in [0.15, 0.2) is 47.4 Å². The number of amides is 2. The van der Waals surface area contributed by atoms with E-state index in [-0.39, 0.29) is 34.0 Å². The number of ether oxygens (including phenoxy) is 1. The molecule has 0 bridgehead atoms. The predicted molar refractivity (Wildman–Crippen MR) is 111 cm³/mol. The van der Waals surface area contributed by atoms with Crippen molar-refractivity contribution in [2.75, 3.05) is 13.7 Å². The van der Waals surface area contributed by atoms with Crippen LogP contribution in [0.4, 0.5) is 0 Å². The molecule has 0 N–H and O–H groups in total. The number of methoxy groups -OCH3 is 1. The fourth-order valence-electron chi connectivity index (χ4n) is 3.89. The van der Waals surface area contributed by atoms with Gasteiger partial charge in [0.1, 0.15) is 10.6 Å². The largest absolute Gasteiger partial charge is 0.497 e. The highest BCUT2D eigenvalue weighted by atomic mass is 32.2. The van der Waals surface area contributed by atoms with E-state index in [9.17, 15) is 18.0 Å². The van der Waals surface area contributed by atoms with Gasteiger partial charge >= 0.3 is 0 Å². The number of nitrogens with zero attached hydrogens (tertiary/aromatic N) is 2. The molecular weight excluding hydrogens is 404 g/mol. The van der Waals surface area contributed by atoms with E-state index in [0.717, 1.165) is 9.87 Å². The van der Waals surface area contributed by atoms with Gasteiger partial charge in [0, 0.05) is 18.2 Å². The standard InChI is InChI=1S/C22H24N2O5S/c1-4-23(14(2)15-6-5-7-18(12-15)29-3)21(25)16-8-11-19-20(13-16)30(27,28)24(22(19)26)17-9-10-17/h5-8,11-14,17H,4,9-10H2,1-3H3. The summed E-state index contributed by atoms with van der Waals surface area (Å²) in [4.78, 5) is 27.4. The molecule has 2 amide bonds. The van der Waals surface area contributed by atoms with Gasteiger partial charge in [-0.05, 0) is 62.6 Å². The lowest BCUT2D eigenvalue weighted by molar-refractivity contribution is 0.0701. The second-order valence-corrected chi connectivity index (χ2v) is 9.38. The zero-order valence-corrected chi connectivity index (χ0v) is 18.0. The molecule has 0 aromatic heterocycles. The molecule has 7 nitrogen and oxygen atoms in total. The lowest BCUT2D eigenvalue weighted by Crippen LogP contribution is -2.33. The van der Waals surface area contributed by atoms with Gasteiger partial charge in [-0.1, -0.05) is 12.1 Å². The minimum absolute atomic E-state index is 0.0738. The summed E-state index contributed by atoms with van der Waals surface area (Å²) in [6, 6.07) is 11.3. The average molecular weight is 429 g/mol. The molecule has 1 saturated carbocycles. The van der Waals surface area contributed by atoms with Crippen molar-refractivity contribution in [3.63, 3.8) is 0 Å². The number of carbonyl (C=O) groups excluding carboxylic acids is 2. The van der Waals surface area contributed by atoms with Crippen molar-refractivity contribution in [2.24, 2.45) is 0 Å². The molecule has 1 unspecified atom stereocenters. The Kier molecular flexibility index (Phi) is 5.05. The summed E-state index contributed by atoms with van der Waals surface area (Å²) in [5, 5.41) is 0. The van der Waals surface area contributed by atoms with Gasteiger partial charge < -0.3 is 9.64 Å². The monoisotopic (exact) mass is 428 g/mol. The van der Waals surface area contributed by atoms with Crippen molar-refractivity contribution >= 4 is 21.8 Å². The summed E-state index contributed by atoms with van der Waals surface area (Å²) < 4.78 is 32.0. The van der Waals surface area contributed by atoms with E-state index in [4.69, 9.17) is 4.74 Å². The molecule has 1 heterocycles. The van der Waals surface area contributed by atoms with Gasteiger partial charge in [0.05, 0.1) is 18.7 Å². The summed E-state index contributed by atoms with van der Waals surface area (Å²) in [5.41, 5.74) is 1.30. The Hall–Kier alpha value is -2.87. The molecule has 1 aliphatic carbocycles. The minimum atomic E-state index is -3.91. The first-order valence-electron chi connectivity index (χ1n) is 9.97. The Morgan fingerprint density at radius 3 is 2.60 bits per heavy atom. The summed E-state index contributed by atoms with van der Waals surface area (Å²) >= 11 is 0. The SMILES string of the molecule is CCN(C(=O)c1ccc2c(c1)S(=O)(=O)N(C1CC1)C2=O)C(C)c1cccc(OC)c1. The number of fused-ring (bicyclic) bond motifs is 1. The quantitative estimate of drug-likeness (QED) is 0.705. The molecule has 4 rings (SSSR count). The number of carbonyl (C=O) groups is 2. The lowest BCUT2D eigenvalue weighted by atomic mass is 10.0. The molecule has 0 saturated heterocycles. The number of hydrogen-bond acceptors (Lipinski definition) is 5. The van der Waals surface area contributed by atoms with Crippen molar-refractivity contribution in [3.05, 3.63) is 59.2 Å². The van der Waals surface area contributed by atoms with Crippen molar-refractivity contribution in [1.29, 1.82) is 0 Å². The van der Waals surface area contributed by atoms with Crippen LogP contribution in [0.3, 0.4) is 0 Å². The molecule has 2 aromatic rings. The summed E-state index contributed by atoms with van der Waals surface area (Å²) in [7, 11) is -2.32. The summed E-state index contributed by atoms with van der Waals surface area (Å²) in [6.45, 7) is 4.23. The first kappa shape index (κ1) is 20.4. The number of rotatable bonds is 6. The van der Waals surface area contributed by atoms with Crippen LogP contribution in [0.2, 0.25) is 0 Å².